The fourth-order valence-electron chi connectivity index (χ4n) is 7.58. The molecule has 3 aromatic rings. The van der Waals surface area contributed by atoms with E-state index in [-0.39, 0.29) is 35.1 Å². The first-order chi connectivity index (χ1) is 24.6. The molecular weight excluding hydrogens is 667 g/mol. The van der Waals surface area contributed by atoms with Crippen LogP contribution in [0.25, 0.3) is 11.1 Å². The van der Waals surface area contributed by atoms with E-state index in [2.05, 4.69) is 16.8 Å². The Morgan fingerprint density at radius 3 is 2.47 bits per heavy atom. The van der Waals surface area contributed by atoms with Crippen LogP contribution in [0.4, 0.5) is 5.82 Å². The van der Waals surface area contributed by atoms with Crippen molar-refractivity contribution in [3.8, 4) is 11.1 Å². The van der Waals surface area contributed by atoms with Gasteiger partial charge in [0, 0.05) is 43.2 Å². The van der Waals surface area contributed by atoms with Crippen molar-refractivity contribution in [3.63, 3.8) is 0 Å². The summed E-state index contributed by atoms with van der Waals surface area (Å²) >= 11 is 0. The van der Waals surface area contributed by atoms with Gasteiger partial charge in [0.25, 0.3) is 15.9 Å². The highest BCUT2D eigenvalue weighted by molar-refractivity contribution is 7.92. The first-order valence-electron chi connectivity index (χ1n) is 18.5. The van der Waals surface area contributed by atoms with Gasteiger partial charge in [-0.15, -0.1) is 0 Å². The van der Waals surface area contributed by atoms with Crippen LogP contribution in [-0.4, -0.2) is 66.3 Å². The second kappa shape index (κ2) is 15.7. The molecule has 1 aromatic heterocycles. The average Bonchev–Trinajstić information content (AvgIpc) is 3.59. The van der Waals surface area contributed by atoms with E-state index in [1.54, 1.807) is 32.0 Å². The number of hydrogen-bond donors (Lipinski definition) is 1. The van der Waals surface area contributed by atoms with Crippen LogP contribution in [0, 0.1) is 19.8 Å². The van der Waals surface area contributed by atoms with Gasteiger partial charge in [0.05, 0.1) is 18.0 Å². The summed E-state index contributed by atoms with van der Waals surface area (Å²) in [7, 11) is -4.03. The lowest BCUT2D eigenvalue weighted by Crippen LogP contribution is -2.52. The fourth-order valence-corrected chi connectivity index (χ4v) is 8.86. The predicted octanol–water partition coefficient (Wildman–Crippen LogP) is 7.17. The number of amidine groups is 1. The zero-order chi connectivity index (χ0) is 36.2. The van der Waals surface area contributed by atoms with Gasteiger partial charge in [0.1, 0.15) is 17.1 Å². The van der Waals surface area contributed by atoms with Crippen molar-refractivity contribution >= 4 is 33.5 Å². The van der Waals surface area contributed by atoms with E-state index >= 15 is 0 Å². The number of nitrogens with one attached hydrogen (secondary N) is 1. The van der Waals surface area contributed by atoms with Gasteiger partial charge in [-0.25, -0.2) is 8.42 Å². The molecule has 12 heteroatoms. The first-order valence-corrected chi connectivity index (χ1v) is 20.0. The molecule has 1 aliphatic carbocycles. The van der Waals surface area contributed by atoms with Gasteiger partial charge in [-0.05, 0) is 75.6 Å². The van der Waals surface area contributed by atoms with Crippen LogP contribution < -0.4 is 4.72 Å². The molecule has 0 bridgehead atoms. The van der Waals surface area contributed by atoms with Crippen LogP contribution >= 0.6 is 0 Å². The number of carbonyl (C=O) groups excluding carboxylic acids is 2. The number of rotatable bonds is 13. The molecule has 3 aliphatic rings. The molecule has 2 fully saturated rings. The lowest BCUT2D eigenvalue weighted by molar-refractivity contribution is -0.141. The number of likely N-dealkylation sites (tertiary alicyclic amines) is 1. The van der Waals surface area contributed by atoms with E-state index in [1.807, 2.05) is 41.0 Å². The zero-order valence-electron chi connectivity index (χ0n) is 30.4. The summed E-state index contributed by atoms with van der Waals surface area (Å²) < 4.78 is 41.1. The molecule has 1 spiro atoms. The number of aliphatic imine (C=N–C) groups is 1. The molecule has 2 aliphatic heterocycles. The minimum absolute atomic E-state index is 0.00898. The van der Waals surface area contributed by atoms with Crippen molar-refractivity contribution in [1.29, 1.82) is 0 Å². The van der Waals surface area contributed by atoms with E-state index in [1.165, 1.54) is 6.42 Å². The van der Waals surface area contributed by atoms with Crippen molar-refractivity contribution in [1.82, 2.24) is 15.0 Å². The van der Waals surface area contributed by atoms with Crippen molar-refractivity contribution in [3.05, 3.63) is 64.9 Å². The molecule has 1 saturated heterocycles. The Bertz CT molecular complexity index is 1870. The number of carbonyl (C=O) groups is 2. The summed E-state index contributed by atoms with van der Waals surface area (Å²) in [5, 5.41) is 3.90. The number of amides is 2. The largest absolute Gasteiger partial charge is 0.377 e. The van der Waals surface area contributed by atoms with Crippen LogP contribution in [-0.2, 0) is 37.5 Å². The maximum atomic E-state index is 14.3. The quantitative estimate of drug-likeness (QED) is 0.198. The van der Waals surface area contributed by atoms with E-state index < -0.39 is 15.6 Å². The average molecular weight is 718 g/mol. The van der Waals surface area contributed by atoms with E-state index in [4.69, 9.17) is 14.3 Å². The molecule has 51 heavy (non-hydrogen) atoms. The lowest BCUT2D eigenvalue weighted by Gasteiger charge is -2.38. The van der Waals surface area contributed by atoms with Crippen LogP contribution in [0.15, 0.2) is 56.9 Å². The number of sulfonamides is 1. The highest BCUT2D eigenvalue weighted by Gasteiger charge is 2.50. The Morgan fingerprint density at radius 1 is 1.04 bits per heavy atom. The summed E-state index contributed by atoms with van der Waals surface area (Å²) in [6.07, 6.45) is 9.08. The van der Waals surface area contributed by atoms with Crippen molar-refractivity contribution in [2.45, 2.75) is 115 Å². The molecule has 0 atom stereocenters. The molecule has 2 aromatic carbocycles. The van der Waals surface area contributed by atoms with E-state index in [0.717, 1.165) is 61.1 Å². The number of aromatic nitrogens is 1. The van der Waals surface area contributed by atoms with Crippen molar-refractivity contribution in [2.75, 3.05) is 24.4 Å². The number of unbranched alkanes of at least 4 members (excludes halogenated alkanes) is 1. The van der Waals surface area contributed by atoms with E-state index in [9.17, 15) is 18.0 Å². The predicted molar refractivity (Wildman–Crippen MR) is 197 cm³/mol. The van der Waals surface area contributed by atoms with Crippen LogP contribution in [0.3, 0.4) is 0 Å². The third kappa shape index (κ3) is 7.77. The fraction of sp³-hybridized carbons (Fsp3) is 0.538. The molecule has 0 radical (unpaired) electrons. The zero-order valence-corrected chi connectivity index (χ0v) is 31.2. The molecule has 1 N–H and O–H groups in total. The summed E-state index contributed by atoms with van der Waals surface area (Å²) in [5.74, 6) is 1.88. The second-order valence-corrected chi connectivity index (χ2v) is 15.8. The third-order valence-electron chi connectivity index (χ3n) is 10.7. The molecule has 1 saturated carbocycles. The standard InChI is InChI=1S/C39H51N5O6S/c1-5-7-17-35-40-39(20-22-43(23-21-39)37(45)30-13-9-8-10-14-30)38(46)44(35)25-29-18-19-32(31(24-29)26-49-6-2)33-15-11-12-16-34(33)51(47,48)42-36-27(3)28(4)50-41-36/h11-12,15-16,18-19,24,30H,5-10,13-14,17,20-23,25-26H2,1-4H3,(H,41,42). The van der Waals surface area contributed by atoms with Gasteiger partial charge >= 0.3 is 0 Å². The highest BCUT2D eigenvalue weighted by atomic mass is 32.2. The summed E-state index contributed by atoms with van der Waals surface area (Å²) in [6.45, 7) is 9.74. The smallest absolute Gasteiger partial charge is 0.263 e. The Labute approximate surface area is 301 Å². The number of benzene rings is 2. The van der Waals surface area contributed by atoms with Crippen LogP contribution in [0.5, 0.6) is 0 Å². The summed E-state index contributed by atoms with van der Waals surface area (Å²) in [5.41, 5.74) is 2.76. The number of nitrogens with zero attached hydrogens (tertiary/aromatic N) is 4. The summed E-state index contributed by atoms with van der Waals surface area (Å²) in [4.78, 5) is 36.7. The minimum atomic E-state index is -4.03. The van der Waals surface area contributed by atoms with Crippen LogP contribution in [0.1, 0.15) is 101 Å². The molecule has 0 unspecified atom stereocenters. The number of hydrogen-bond acceptors (Lipinski definition) is 8. The Kier molecular flexibility index (Phi) is 11.3. The Morgan fingerprint density at radius 2 is 1.78 bits per heavy atom. The van der Waals surface area contributed by atoms with E-state index in [0.29, 0.717) is 62.4 Å². The SMILES string of the molecule is CCCCC1=NC2(CCN(C(=O)C3CCCCC3)CC2)C(=O)N1Cc1ccc(-c2ccccc2S(=O)(=O)Nc2noc(C)c2C)c(COCC)c1. The van der Waals surface area contributed by atoms with Gasteiger partial charge < -0.3 is 14.2 Å². The summed E-state index contributed by atoms with van der Waals surface area (Å²) in [6, 6.07) is 12.7. The molecular formula is C39H51N5O6S. The molecule has 2 amide bonds. The third-order valence-corrected chi connectivity index (χ3v) is 12.1. The Hall–Kier alpha value is -4.03. The topological polar surface area (TPSA) is 134 Å². The first kappa shape index (κ1) is 36.8. The normalized spacial score (nSPS) is 18.0. The van der Waals surface area contributed by atoms with Crippen molar-refractivity contribution in [2.24, 2.45) is 10.9 Å². The highest BCUT2D eigenvalue weighted by Crippen LogP contribution is 2.38. The number of anilines is 1. The second-order valence-electron chi connectivity index (χ2n) is 14.2. The molecule has 11 nitrogen and oxygen atoms in total. The van der Waals surface area contributed by atoms with Gasteiger partial charge in [0.15, 0.2) is 5.82 Å². The van der Waals surface area contributed by atoms with Gasteiger partial charge in [-0.1, -0.05) is 74.2 Å². The molecule has 3 heterocycles. The maximum Gasteiger partial charge on any atom is 0.263 e. The van der Waals surface area contributed by atoms with Crippen molar-refractivity contribution < 1.29 is 27.3 Å². The van der Waals surface area contributed by atoms with Gasteiger partial charge in [0.2, 0.25) is 5.91 Å². The van der Waals surface area contributed by atoms with Gasteiger partial charge in [-0.2, -0.15) is 0 Å². The van der Waals surface area contributed by atoms with Crippen LogP contribution in [0.2, 0.25) is 0 Å². The minimum Gasteiger partial charge on any atom is -0.377 e. The number of piperidine rings is 1. The molecule has 6 rings (SSSR count). The lowest BCUT2D eigenvalue weighted by atomic mass is 9.84. The number of aryl methyl sites for hydroxylation is 1. The Balaban J connectivity index is 1.25. The maximum absolute atomic E-state index is 14.3. The monoisotopic (exact) mass is 717 g/mol. The number of ether oxygens (including phenoxy) is 1. The molecule has 274 valence electrons. The van der Waals surface area contributed by atoms with Gasteiger partial charge in [-0.3, -0.25) is 24.2 Å².